The lowest BCUT2D eigenvalue weighted by molar-refractivity contribution is -0.190. The van der Waals surface area contributed by atoms with Gasteiger partial charge < -0.3 is 15.1 Å². The lowest BCUT2D eigenvalue weighted by Crippen LogP contribution is -2.40. The number of hydrogen-bond acceptors (Lipinski definition) is 9. The molecule has 3 aliphatic rings. The van der Waals surface area contributed by atoms with E-state index in [0.29, 0.717) is 41.1 Å². The Bertz CT molecular complexity index is 1440. The van der Waals surface area contributed by atoms with Gasteiger partial charge in [0.15, 0.2) is 5.82 Å². The quantitative estimate of drug-likeness (QED) is 0.364. The van der Waals surface area contributed by atoms with E-state index in [1.807, 2.05) is 18.2 Å². The average molecular weight is 589 g/mol. The summed E-state index contributed by atoms with van der Waals surface area (Å²) in [4.78, 5) is 25.0. The smallest absolute Gasteiger partial charge is 0.394 e. The van der Waals surface area contributed by atoms with Gasteiger partial charge in [0.05, 0.1) is 17.6 Å². The molecule has 3 aromatic rings. The van der Waals surface area contributed by atoms with Gasteiger partial charge >= 0.3 is 6.18 Å². The first-order valence-electron chi connectivity index (χ1n) is 13.5. The molecule has 6 rings (SSSR count). The largest absolute Gasteiger partial charge is 0.477 e. The molecular weight excluding hydrogens is 557 g/mol. The summed E-state index contributed by atoms with van der Waals surface area (Å²) in [6, 6.07) is 10.5. The second-order valence-corrected chi connectivity index (χ2v) is 12.2. The zero-order valence-electron chi connectivity index (χ0n) is 22.7. The zero-order chi connectivity index (χ0) is 28.8. The topological polar surface area (TPSA) is 109 Å². The van der Waals surface area contributed by atoms with E-state index in [-0.39, 0.29) is 49.1 Å². The third kappa shape index (κ3) is 5.67. The Kier molecular flexibility index (Phi) is 7.00. The minimum absolute atomic E-state index is 0.0734. The number of fused-ring (bicyclic) bond motifs is 6. The molecule has 1 aliphatic carbocycles. The maximum Gasteiger partial charge on any atom is 0.394 e. The van der Waals surface area contributed by atoms with Gasteiger partial charge in [-0.3, -0.25) is 9.52 Å². The SMILES string of the molecule is CC1(C)CC2CNNc3cccc(n3)SNC(=O)c3ccc(-n4ccc(OCCC5(C(F)(F)F)CC5)n4)nc3N1C2. The van der Waals surface area contributed by atoms with E-state index >= 15 is 0 Å². The highest BCUT2D eigenvalue weighted by Crippen LogP contribution is 2.59. The molecule has 1 saturated heterocycles. The standard InChI is InChI=1S/C27H31F3N8O2S/c1-25(2)14-17-15-31-34-19-4-3-5-22(32-19)41-36-24(39)18-6-7-20(33-23(18)37(25)16-17)38-12-8-21(35-38)40-13-11-26(9-10-26)27(28,29)30/h3-8,12,17,31H,9-11,13-16H2,1-2H3,(H,32,34)(H,36,39). The van der Waals surface area contributed by atoms with Gasteiger partial charge in [0, 0.05) is 42.8 Å². The van der Waals surface area contributed by atoms with Gasteiger partial charge in [-0.25, -0.2) is 20.1 Å². The van der Waals surface area contributed by atoms with Crippen LogP contribution in [-0.2, 0) is 0 Å². The Labute approximate surface area is 239 Å². The van der Waals surface area contributed by atoms with Crippen molar-refractivity contribution in [3.8, 4) is 11.7 Å². The molecule has 3 aromatic heterocycles. The maximum absolute atomic E-state index is 13.4. The van der Waals surface area contributed by atoms with Crippen molar-refractivity contribution in [3.63, 3.8) is 0 Å². The van der Waals surface area contributed by atoms with Gasteiger partial charge in [-0.15, -0.1) is 5.10 Å². The van der Waals surface area contributed by atoms with Crippen LogP contribution in [0.25, 0.3) is 5.82 Å². The van der Waals surface area contributed by atoms with Crippen LogP contribution in [0.5, 0.6) is 5.88 Å². The van der Waals surface area contributed by atoms with Crippen molar-refractivity contribution in [3.05, 3.63) is 48.2 Å². The molecule has 218 valence electrons. The number of anilines is 2. The van der Waals surface area contributed by atoms with Crippen LogP contribution in [0.2, 0.25) is 0 Å². The van der Waals surface area contributed by atoms with Crippen LogP contribution in [0.1, 0.15) is 49.9 Å². The normalized spacial score (nSPS) is 21.3. The van der Waals surface area contributed by atoms with Crippen molar-refractivity contribution in [1.29, 1.82) is 0 Å². The molecule has 1 saturated carbocycles. The Balaban J connectivity index is 1.26. The second kappa shape index (κ2) is 10.4. The van der Waals surface area contributed by atoms with E-state index in [1.165, 1.54) is 4.68 Å². The number of amides is 1. The number of rotatable bonds is 5. The number of hydrazine groups is 1. The molecule has 2 aliphatic heterocycles. The zero-order valence-corrected chi connectivity index (χ0v) is 23.5. The molecule has 1 atom stereocenters. The summed E-state index contributed by atoms with van der Waals surface area (Å²) in [6.45, 7) is 5.54. The predicted octanol–water partition coefficient (Wildman–Crippen LogP) is 4.75. The van der Waals surface area contributed by atoms with Gasteiger partial charge in [-0.05, 0) is 69.7 Å². The van der Waals surface area contributed by atoms with Crippen molar-refractivity contribution in [2.45, 2.75) is 56.3 Å². The minimum Gasteiger partial charge on any atom is -0.477 e. The molecule has 5 heterocycles. The van der Waals surface area contributed by atoms with Crippen molar-refractivity contribution >= 4 is 29.5 Å². The van der Waals surface area contributed by atoms with Crippen molar-refractivity contribution in [2.75, 3.05) is 30.0 Å². The van der Waals surface area contributed by atoms with Crippen LogP contribution in [0.15, 0.2) is 47.6 Å². The second-order valence-electron chi connectivity index (χ2n) is 11.4. The lowest BCUT2D eigenvalue weighted by Gasteiger charge is -2.34. The highest BCUT2D eigenvalue weighted by Gasteiger charge is 2.62. The average Bonchev–Trinajstić information content (AvgIpc) is 3.48. The molecule has 0 radical (unpaired) electrons. The first-order valence-corrected chi connectivity index (χ1v) is 14.3. The van der Waals surface area contributed by atoms with E-state index < -0.39 is 11.6 Å². The van der Waals surface area contributed by atoms with Crippen LogP contribution in [-0.4, -0.2) is 57.1 Å². The summed E-state index contributed by atoms with van der Waals surface area (Å²) in [6.07, 6.45) is -1.51. The van der Waals surface area contributed by atoms with Crippen LogP contribution in [0.4, 0.5) is 24.8 Å². The Morgan fingerprint density at radius 3 is 2.76 bits per heavy atom. The molecular formula is C27H31F3N8O2S. The number of carbonyl (C=O) groups excluding carboxylic acids is 1. The molecule has 4 bridgehead atoms. The van der Waals surface area contributed by atoms with Crippen LogP contribution in [0.3, 0.4) is 0 Å². The molecule has 0 aromatic carbocycles. The molecule has 1 amide bonds. The number of nitrogens with one attached hydrogen (secondary N) is 3. The molecule has 10 nitrogen and oxygen atoms in total. The predicted molar refractivity (Wildman–Crippen MR) is 148 cm³/mol. The third-order valence-corrected chi connectivity index (χ3v) is 8.71. The summed E-state index contributed by atoms with van der Waals surface area (Å²) in [5.41, 5.74) is 4.93. The number of pyridine rings is 2. The fourth-order valence-corrected chi connectivity index (χ4v) is 6.11. The molecule has 2 fully saturated rings. The van der Waals surface area contributed by atoms with Gasteiger partial charge in [0.1, 0.15) is 16.7 Å². The Hall–Kier alpha value is -3.52. The van der Waals surface area contributed by atoms with E-state index in [0.717, 1.165) is 18.4 Å². The van der Waals surface area contributed by atoms with E-state index in [2.05, 4.69) is 44.4 Å². The van der Waals surface area contributed by atoms with Gasteiger partial charge in [0.2, 0.25) is 5.88 Å². The molecule has 3 N–H and O–H groups in total. The lowest BCUT2D eigenvalue weighted by atomic mass is 9.96. The van der Waals surface area contributed by atoms with Gasteiger partial charge in [-0.1, -0.05) is 6.07 Å². The van der Waals surface area contributed by atoms with E-state index in [9.17, 15) is 18.0 Å². The Morgan fingerprint density at radius 2 is 1.98 bits per heavy atom. The number of hydrogen-bond donors (Lipinski definition) is 3. The summed E-state index contributed by atoms with van der Waals surface area (Å²) in [5, 5.41) is 5.02. The molecule has 41 heavy (non-hydrogen) atoms. The highest BCUT2D eigenvalue weighted by molar-refractivity contribution is 7.97. The number of nitrogens with zero attached hydrogens (tertiary/aromatic N) is 5. The van der Waals surface area contributed by atoms with Gasteiger partial charge in [0.25, 0.3) is 5.91 Å². The van der Waals surface area contributed by atoms with Gasteiger partial charge in [-0.2, -0.15) is 13.2 Å². The fourth-order valence-electron chi connectivity index (χ4n) is 5.52. The number of carbonyl (C=O) groups is 1. The van der Waals surface area contributed by atoms with Crippen molar-refractivity contribution in [1.82, 2.24) is 29.9 Å². The van der Waals surface area contributed by atoms with E-state index in [4.69, 9.17) is 9.72 Å². The summed E-state index contributed by atoms with van der Waals surface area (Å²) in [7, 11) is 0. The monoisotopic (exact) mass is 588 g/mol. The van der Waals surface area contributed by atoms with Crippen LogP contribution >= 0.6 is 11.9 Å². The first-order chi connectivity index (χ1) is 19.5. The fraction of sp³-hybridized carbons (Fsp3) is 0.481. The number of halogens is 3. The minimum atomic E-state index is -4.21. The summed E-state index contributed by atoms with van der Waals surface area (Å²) >= 11 is 1.12. The highest BCUT2D eigenvalue weighted by atomic mass is 32.2. The summed E-state index contributed by atoms with van der Waals surface area (Å²) in [5.74, 6) is 1.84. The molecule has 1 unspecified atom stereocenters. The molecule has 14 heteroatoms. The third-order valence-electron chi connectivity index (χ3n) is 7.98. The van der Waals surface area contributed by atoms with Crippen LogP contribution < -0.4 is 25.2 Å². The number of ether oxygens (including phenoxy) is 1. The number of aromatic nitrogens is 4. The Morgan fingerprint density at radius 1 is 1.15 bits per heavy atom. The van der Waals surface area contributed by atoms with Crippen molar-refractivity contribution < 1.29 is 22.7 Å². The van der Waals surface area contributed by atoms with Crippen LogP contribution in [0, 0.1) is 11.3 Å². The number of alkyl halides is 3. The van der Waals surface area contributed by atoms with E-state index in [1.54, 1.807) is 24.4 Å². The maximum atomic E-state index is 13.4. The molecule has 0 spiro atoms. The summed E-state index contributed by atoms with van der Waals surface area (Å²) < 4.78 is 49.7. The van der Waals surface area contributed by atoms with Crippen molar-refractivity contribution in [2.24, 2.45) is 11.3 Å². The first kappa shape index (κ1) is 27.6.